The molecule has 61 heavy (non-hydrogen) atoms. The summed E-state index contributed by atoms with van der Waals surface area (Å²) in [5, 5.41) is 24.5. The first-order valence-corrected chi connectivity index (χ1v) is 22.5. The number of amides is 1. The van der Waals surface area contributed by atoms with E-state index in [-0.39, 0.29) is 47.9 Å². The molecule has 7 aliphatic rings. The standard InChI is InChI=1S/C50H64F3NO7/c1-30(2)37-14-11-31(3)23-40(37)61-44(57)54(28-33-12-13-36(59-6)25-39(33)60-7)29-48(58)20-17-42-46(48,5)19-16-41-45(4)18-15-35(55)26-47(45)21-22-49(41,42)38(27-47)43(56)32-9-8-10-34(24-32)50(51,52)53/h8-10,12-13,21-22,24-25,27,30-31,35,37,40-42,55,58H,11,14-20,23,26,28-29H2,1-7H3. The zero-order valence-corrected chi connectivity index (χ0v) is 36.8. The molecule has 4 saturated carbocycles. The third kappa shape index (κ3) is 6.93. The summed E-state index contributed by atoms with van der Waals surface area (Å²) in [6.07, 6.45) is 7.14. The van der Waals surface area contributed by atoms with Crippen LogP contribution in [-0.4, -0.2) is 65.6 Å². The Morgan fingerprint density at radius 3 is 2.34 bits per heavy atom. The number of methoxy groups -OCH3 is 2. The third-order valence-corrected chi connectivity index (χ3v) is 17.2. The Labute approximate surface area is 358 Å². The fraction of sp³-hybridized carbons (Fsp3) is 0.640. The van der Waals surface area contributed by atoms with Crippen LogP contribution in [0.4, 0.5) is 18.0 Å². The number of carbonyl (C=O) groups is 2. The van der Waals surface area contributed by atoms with Gasteiger partial charge in [-0.15, -0.1) is 0 Å². The fourth-order valence-corrected chi connectivity index (χ4v) is 13.7. The van der Waals surface area contributed by atoms with Gasteiger partial charge in [-0.2, -0.15) is 13.2 Å². The van der Waals surface area contributed by atoms with Crippen LogP contribution in [0, 0.1) is 51.2 Å². The van der Waals surface area contributed by atoms with Gasteiger partial charge in [-0.1, -0.05) is 71.4 Å². The minimum Gasteiger partial charge on any atom is -0.497 e. The molecule has 7 aliphatic carbocycles. The van der Waals surface area contributed by atoms with Crippen molar-refractivity contribution in [1.82, 2.24) is 4.90 Å². The zero-order chi connectivity index (χ0) is 43.9. The Bertz CT molecular complexity index is 2100. The Hall–Kier alpha value is -3.83. The smallest absolute Gasteiger partial charge is 0.416 e. The minimum absolute atomic E-state index is 0.0239. The van der Waals surface area contributed by atoms with Crippen molar-refractivity contribution in [2.24, 2.45) is 51.2 Å². The second-order valence-corrected chi connectivity index (χ2v) is 20.5. The highest BCUT2D eigenvalue weighted by molar-refractivity contribution is 6.10. The van der Waals surface area contributed by atoms with Crippen molar-refractivity contribution in [3.05, 3.63) is 83.0 Å². The predicted octanol–water partition coefficient (Wildman–Crippen LogP) is 10.6. The lowest BCUT2D eigenvalue weighted by Gasteiger charge is -2.71. The highest BCUT2D eigenvalue weighted by atomic mass is 19.4. The van der Waals surface area contributed by atoms with Gasteiger partial charge in [0.05, 0.1) is 44.6 Å². The molecule has 2 N–H and O–H groups in total. The summed E-state index contributed by atoms with van der Waals surface area (Å²) < 4.78 is 59.9. The number of rotatable bonds is 10. The maximum absolute atomic E-state index is 15.0. The first-order valence-electron chi connectivity index (χ1n) is 22.5. The average molecular weight is 848 g/mol. The first-order chi connectivity index (χ1) is 28.7. The lowest BCUT2D eigenvalue weighted by atomic mass is 9.32. The minimum atomic E-state index is -4.62. The molecule has 9 rings (SSSR count). The summed E-state index contributed by atoms with van der Waals surface area (Å²) in [5.74, 6) is 1.30. The van der Waals surface area contributed by atoms with Crippen LogP contribution in [0.2, 0.25) is 0 Å². The molecule has 4 fully saturated rings. The van der Waals surface area contributed by atoms with E-state index >= 15 is 4.79 Å². The van der Waals surface area contributed by atoms with E-state index < -0.39 is 51.6 Å². The third-order valence-electron chi connectivity index (χ3n) is 17.2. The number of aliphatic hydroxyl groups is 2. The maximum Gasteiger partial charge on any atom is 0.416 e. The van der Waals surface area contributed by atoms with Gasteiger partial charge in [-0.3, -0.25) is 4.79 Å². The van der Waals surface area contributed by atoms with Crippen molar-refractivity contribution in [2.45, 2.75) is 129 Å². The van der Waals surface area contributed by atoms with Crippen molar-refractivity contribution < 1.29 is 47.2 Å². The second-order valence-electron chi connectivity index (χ2n) is 20.5. The number of alkyl halides is 3. The highest BCUT2D eigenvalue weighted by Crippen LogP contribution is 2.78. The van der Waals surface area contributed by atoms with Crippen LogP contribution in [0.15, 0.2) is 66.3 Å². The van der Waals surface area contributed by atoms with Gasteiger partial charge in [-0.05, 0) is 117 Å². The number of allylic oxidation sites excluding steroid dienone is 4. The topological polar surface area (TPSA) is 106 Å². The van der Waals surface area contributed by atoms with Crippen molar-refractivity contribution in [3.63, 3.8) is 0 Å². The van der Waals surface area contributed by atoms with Gasteiger partial charge in [0.1, 0.15) is 17.6 Å². The number of carbonyl (C=O) groups excluding carboxylic acids is 2. The molecule has 0 radical (unpaired) electrons. The molecule has 0 heterocycles. The average Bonchev–Trinajstić information content (AvgIpc) is 3.49. The predicted molar refractivity (Wildman–Crippen MR) is 226 cm³/mol. The van der Waals surface area contributed by atoms with Crippen molar-refractivity contribution in [1.29, 1.82) is 0 Å². The van der Waals surface area contributed by atoms with Crippen LogP contribution >= 0.6 is 0 Å². The lowest BCUT2D eigenvalue weighted by molar-refractivity contribution is -0.175. The molecule has 11 heteroatoms. The second kappa shape index (κ2) is 15.5. The number of ether oxygens (including phenoxy) is 3. The molecule has 332 valence electrons. The summed E-state index contributed by atoms with van der Waals surface area (Å²) >= 11 is 0. The number of nitrogens with zero attached hydrogens (tertiary/aromatic N) is 1. The van der Waals surface area contributed by atoms with E-state index in [1.54, 1.807) is 25.2 Å². The summed E-state index contributed by atoms with van der Waals surface area (Å²) in [5.41, 5.74) is -3.80. The number of fused-ring (bicyclic) bond motifs is 1. The highest BCUT2D eigenvalue weighted by Gasteiger charge is 2.74. The molecule has 1 amide bonds. The van der Waals surface area contributed by atoms with Crippen LogP contribution in [0.3, 0.4) is 0 Å². The van der Waals surface area contributed by atoms with Gasteiger partial charge < -0.3 is 29.3 Å². The molecule has 11 atom stereocenters. The van der Waals surface area contributed by atoms with Crippen molar-refractivity contribution in [2.75, 3.05) is 20.8 Å². The van der Waals surface area contributed by atoms with E-state index in [1.165, 1.54) is 12.1 Å². The number of hydrogen-bond donors (Lipinski definition) is 2. The van der Waals surface area contributed by atoms with Gasteiger partial charge in [0, 0.05) is 39.0 Å². The van der Waals surface area contributed by atoms with Gasteiger partial charge in [0.25, 0.3) is 0 Å². The molecule has 0 aromatic heterocycles. The number of benzene rings is 2. The molecule has 0 saturated heterocycles. The quantitative estimate of drug-likeness (QED) is 0.181. The summed E-state index contributed by atoms with van der Waals surface area (Å²) in [4.78, 5) is 31.4. The van der Waals surface area contributed by atoms with Crippen molar-refractivity contribution >= 4 is 11.9 Å². The number of Topliss-reactive ketones (excluding diaryl/α,β-unsaturated/α-hetero) is 1. The van der Waals surface area contributed by atoms with Gasteiger partial charge in [0.15, 0.2) is 5.78 Å². The number of ketones is 1. The molecule has 11 unspecified atom stereocenters. The molecular weight excluding hydrogens is 784 g/mol. The van der Waals surface area contributed by atoms with Crippen LogP contribution in [0.5, 0.6) is 11.5 Å². The van der Waals surface area contributed by atoms with E-state index in [2.05, 4.69) is 46.8 Å². The van der Waals surface area contributed by atoms with Crippen LogP contribution in [-0.2, 0) is 17.5 Å². The molecule has 2 aromatic carbocycles. The van der Waals surface area contributed by atoms with Crippen molar-refractivity contribution in [3.8, 4) is 11.5 Å². The van der Waals surface area contributed by atoms with E-state index in [0.29, 0.717) is 67.4 Å². The largest absolute Gasteiger partial charge is 0.497 e. The molecule has 0 aliphatic heterocycles. The molecule has 2 bridgehead atoms. The Balaban J connectivity index is 1.19. The van der Waals surface area contributed by atoms with Crippen LogP contribution < -0.4 is 9.47 Å². The fourth-order valence-electron chi connectivity index (χ4n) is 13.7. The first kappa shape index (κ1) is 43.8. The van der Waals surface area contributed by atoms with Crippen LogP contribution in [0.25, 0.3) is 0 Å². The maximum atomic E-state index is 15.0. The zero-order valence-electron chi connectivity index (χ0n) is 36.8. The molecular formula is C50H64F3NO7. The van der Waals surface area contributed by atoms with Crippen LogP contribution in [0.1, 0.15) is 120 Å². The summed E-state index contributed by atoms with van der Waals surface area (Å²) in [6, 6.07) is 10.1. The number of aliphatic hydroxyl groups excluding tert-OH is 1. The molecule has 2 aromatic rings. The summed E-state index contributed by atoms with van der Waals surface area (Å²) in [7, 11) is 3.15. The molecule has 2 spiro atoms. The van der Waals surface area contributed by atoms with E-state index in [9.17, 15) is 28.2 Å². The van der Waals surface area contributed by atoms with E-state index in [0.717, 1.165) is 43.4 Å². The SMILES string of the molecule is COc1ccc(CN(CC2(O)CCC3C45C=CC6(C=C4C(=O)c4cccc(C(F)(F)F)c4)CC(O)CCC6(C)C5CCC32C)C(=O)OC2CC(C)CCC2C(C)C)c(OC)c1. The van der Waals surface area contributed by atoms with E-state index in [4.69, 9.17) is 14.2 Å². The summed E-state index contributed by atoms with van der Waals surface area (Å²) in [6.45, 7) is 11.0. The monoisotopic (exact) mass is 847 g/mol. The van der Waals surface area contributed by atoms with Gasteiger partial charge in [0.2, 0.25) is 0 Å². The number of halogens is 3. The Morgan fingerprint density at radius 2 is 1.64 bits per heavy atom. The van der Waals surface area contributed by atoms with E-state index in [1.807, 2.05) is 18.2 Å². The lowest BCUT2D eigenvalue weighted by Crippen LogP contribution is -2.67. The van der Waals surface area contributed by atoms with Gasteiger partial charge in [-0.25, -0.2) is 4.79 Å². The Morgan fingerprint density at radius 1 is 0.918 bits per heavy atom. The number of hydrogen-bond acceptors (Lipinski definition) is 7. The normalized spacial score (nSPS) is 37.6. The Kier molecular flexibility index (Phi) is 11.1. The van der Waals surface area contributed by atoms with Gasteiger partial charge >= 0.3 is 12.3 Å². The molecule has 8 nitrogen and oxygen atoms in total.